The monoisotopic (exact) mass is 1830 g/mol. The van der Waals surface area contributed by atoms with Crippen LogP contribution in [-0.4, -0.2) is 215 Å². The van der Waals surface area contributed by atoms with Crippen LogP contribution < -0.4 is 0 Å². The number of ketones is 1. The average Bonchev–Trinajstić information content (AvgIpc) is 0.745. The number of unbranched alkanes of at least 4 members (excludes halogenated alkanes) is 1. The van der Waals surface area contributed by atoms with Crippen molar-refractivity contribution < 1.29 is 104 Å². The van der Waals surface area contributed by atoms with E-state index in [0.717, 1.165) is 48.3 Å². The van der Waals surface area contributed by atoms with E-state index in [1.54, 1.807) is 27.2 Å². The first-order valence-corrected chi connectivity index (χ1v) is 60.4. The maximum absolute atomic E-state index is 15.3. The Hall–Kier alpha value is -2.45. The summed E-state index contributed by atoms with van der Waals surface area (Å²) in [4.78, 5) is 53.4. The summed E-state index contributed by atoms with van der Waals surface area (Å²) in [7, 11) is -8.67. The minimum atomic E-state index is -2.59. The van der Waals surface area contributed by atoms with Crippen LogP contribution in [0.1, 0.15) is 261 Å². The van der Waals surface area contributed by atoms with Gasteiger partial charge in [0.1, 0.15) is 30.2 Å². The van der Waals surface area contributed by atoms with Crippen LogP contribution >= 0.6 is 11.6 Å². The van der Waals surface area contributed by atoms with Crippen molar-refractivity contribution in [2.75, 3.05) is 14.2 Å². The summed E-state index contributed by atoms with van der Waals surface area (Å²) in [6.07, 6.45) is 3.23. The Morgan fingerprint density at radius 3 is 1.70 bits per heavy atom. The molecule has 0 aromatic carbocycles. The zero-order valence-electron chi connectivity index (χ0n) is 81.2. The van der Waals surface area contributed by atoms with E-state index in [1.807, 2.05) is 19.9 Å². The normalized spacial score (nSPS) is 32.6. The lowest BCUT2D eigenvalue weighted by Gasteiger charge is -2.56. The Bertz CT molecular complexity index is 3450. The highest BCUT2D eigenvalue weighted by Crippen LogP contribution is 2.53. The Morgan fingerprint density at radius 1 is 0.615 bits per heavy atom. The molecule has 6 saturated heterocycles. The molecule has 28 heteroatoms. The van der Waals surface area contributed by atoms with Crippen LogP contribution in [0.15, 0.2) is 60.2 Å². The number of aliphatic carboxylic acids is 1. The van der Waals surface area contributed by atoms with Gasteiger partial charge in [-0.05, 0) is 142 Å². The van der Waals surface area contributed by atoms with Gasteiger partial charge < -0.3 is 84.8 Å². The molecule has 0 aromatic heterocycles. The molecule has 6 fully saturated rings. The molecule has 0 aliphatic carbocycles. The maximum atomic E-state index is 15.3. The Kier molecular flexibility index (Phi) is 39.2. The first-order chi connectivity index (χ1) is 56.3. The second-order valence-corrected chi connectivity index (χ2v) is 66.4. The van der Waals surface area contributed by atoms with Crippen molar-refractivity contribution in [3.8, 4) is 0 Å². The molecule has 0 bridgehead atoms. The molecule has 6 rings (SSSR count). The summed E-state index contributed by atoms with van der Waals surface area (Å²) >= 11 is 6.32. The van der Waals surface area contributed by atoms with Crippen molar-refractivity contribution in [1.82, 2.24) is 0 Å². The van der Waals surface area contributed by atoms with Crippen molar-refractivity contribution in [3.05, 3.63) is 60.2 Å². The summed E-state index contributed by atoms with van der Waals surface area (Å²) in [6, 6.07) is 5.12. The number of carbonyl (C=O) groups excluding carboxylic acids is 3. The van der Waals surface area contributed by atoms with Gasteiger partial charge in [-0.1, -0.05) is 192 Å². The molecule has 0 amide bonds. The van der Waals surface area contributed by atoms with Crippen molar-refractivity contribution in [2.45, 2.75) is 473 Å². The number of ether oxygens (including phenoxy) is 10. The van der Waals surface area contributed by atoms with Gasteiger partial charge in [0.25, 0.3) is 0 Å². The highest BCUT2D eigenvalue weighted by atomic mass is 35.5. The SMILES string of the molecule is C=C(Cl)/C=C/[C@H](CC(=C)C[C@H]1O[C@@H]([C@H](O[Si](CC)(CC)CC)[C@@]2(OC)C[C@H](O[Si](C)(C)C(C)(C)C)[C@@H](C)[C@@H](CCC/C=C\[C@H]3C[C@H](O[Si](C)(C)C(C)(C)C)C[C@@]4(C[C@@H](OC)C[C@@H](CC(=O)[C@@H](C)[C@@H](OC(C)=O)[C@H](C)C(=C)C[C@H]5C[C@](C)(O[Si](CC)(CC)CC)C[C@@]6(C[C@@H](OC(C)=O)C[C@H](CC(=O)O)O6)O5)O4)O3)O2)[C@H](C)[C@@H](O)[C@@H]1O)O[Si](C)(C)C(C)(C)C. The van der Waals surface area contributed by atoms with E-state index < -0.39 is 167 Å². The topological polar surface area (TPSA) is 267 Å². The molecule has 704 valence electrons. The van der Waals surface area contributed by atoms with Crippen LogP contribution in [0.2, 0.25) is 90.7 Å². The van der Waals surface area contributed by atoms with Gasteiger partial charge in [-0.25, -0.2) is 0 Å². The van der Waals surface area contributed by atoms with E-state index in [1.165, 1.54) is 13.8 Å². The number of rotatable bonds is 43. The molecule has 3 N–H and O–H groups in total. The zero-order valence-corrected chi connectivity index (χ0v) is 87.0. The standard InChI is InChI=1S/C94H169ClO22Si5/c1-34-121(35-2,36-3)116-87(86-67(13)83(101)84(102)80(107-86)48-61(7)47-71(46-45-63(9)95)113-118(28,29)88(16,17)18)94(104-27)59-81(115-120(32,33)90(22,23)24)66(12)79(112-94)44-42-40-41-43-70-50-77(114-119(30,31)89(19,20)21)58-92(108-70)56-74(103-26)51-72(109-92)53-78(98)65(11)85(106-69(15)97)64(10)62(8)49-76-55-91(25,117-122(37-4,38-5)39-6)60-93(111-76)57-75(105-68(14)96)52-73(110-93)54-82(99)100/h41,43,45-46,64-67,70-77,79-81,83-87,101-102H,7-9,34-40,42,44,47-60H2,1-6,10-33H3,(H,99,100)/b43-41-,46-45+/t64-,65-,66+,67-,70+,71-,72+,73-,74+,75+,76+,77+,79-,80-,81+,83-,84-,85+,86-,87+,91+,92+,93-,94-/m1/s1. The second kappa shape index (κ2) is 44.2. The number of aliphatic hydroxyl groups excluding tert-OH is 2. The Balaban J connectivity index is 1.29. The molecule has 6 aliphatic rings. The zero-order chi connectivity index (χ0) is 92.3. The van der Waals surface area contributed by atoms with Crippen LogP contribution in [0.25, 0.3) is 0 Å². The minimum absolute atomic E-state index is 0.0222. The van der Waals surface area contributed by atoms with Gasteiger partial charge in [0.2, 0.25) is 0 Å². The van der Waals surface area contributed by atoms with E-state index in [2.05, 4.69) is 189 Å². The molecule has 0 radical (unpaired) electrons. The van der Waals surface area contributed by atoms with Gasteiger partial charge in [0.05, 0.1) is 91.2 Å². The third-order valence-electron chi connectivity index (χ3n) is 29.8. The molecular formula is C94H169ClO22Si5. The van der Waals surface area contributed by atoms with Crippen molar-refractivity contribution >= 4 is 76.9 Å². The maximum Gasteiger partial charge on any atom is 0.305 e. The molecule has 6 heterocycles. The number of carboxylic acid groups (broad SMARTS) is 1. The predicted octanol–water partition coefficient (Wildman–Crippen LogP) is 21.2. The number of carbonyl (C=O) groups is 4. The average molecular weight is 1830 g/mol. The van der Waals surface area contributed by atoms with E-state index in [4.69, 9.17) is 81.1 Å². The number of aliphatic hydroxyl groups is 2. The minimum Gasteiger partial charge on any atom is -0.481 e. The first kappa shape index (κ1) is 108. The lowest BCUT2D eigenvalue weighted by Crippen LogP contribution is -2.69. The summed E-state index contributed by atoms with van der Waals surface area (Å²) in [5, 5.41) is 34.7. The van der Waals surface area contributed by atoms with E-state index in [9.17, 15) is 29.7 Å². The third-order valence-corrected chi connectivity index (χ3v) is 52.8. The molecule has 122 heavy (non-hydrogen) atoms. The third kappa shape index (κ3) is 28.5. The smallest absolute Gasteiger partial charge is 0.305 e. The van der Waals surface area contributed by atoms with E-state index >= 15 is 4.79 Å². The van der Waals surface area contributed by atoms with Crippen LogP contribution in [-0.2, 0) is 88.7 Å². The van der Waals surface area contributed by atoms with Gasteiger partial charge in [-0.3, -0.25) is 19.2 Å². The quantitative estimate of drug-likeness (QED) is 0.0168. The molecular weight excluding hydrogens is 1660 g/mol. The highest BCUT2D eigenvalue weighted by molar-refractivity contribution is 6.75. The molecule has 0 saturated carbocycles. The molecule has 2 spiro atoms. The van der Waals surface area contributed by atoms with Crippen LogP contribution in [0, 0.1) is 23.7 Å². The summed E-state index contributed by atoms with van der Waals surface area (Å²) in [6.45, 7) is 72.5. The number of carboxylic acids is 1. The van der Waals surface area contributed by atoms with Gasteiger partial charge in [-0.15, -0.1) is 0 Å². The number of hydrogen-bond donors (Lipinski definition) is 3. The van der Waals surface area contributed by atoms with Crippen LogP contribution in [0.3, 0.4) is 0 Å². The van der Waals surface area contributed by atoms with Crippen LogP contribution in [0.4, 0.5) is 0 Å². The van der Waals surface area contributed by atoms with Crippen LogP contribution in [0.5, 0.6) is 0 Å². The Labute approximate surface area is 747 Å². The summed E-state index contributed by atoms with van der Waals surface area (Å²) in [5.41, 5.74) is 0.675. The number of methoxy groups -OCH3 is 2. The number of halogens is 1. The van der Waals surface area contributed by atoms with E-state index in [0.29, 0.717) is 68.4 Å². The molecule has 6 aliphatic heterocycles. The van der Waals surface area contributed by atoms with Crippen molar-refractivity contribution in [1.29, 1.82) is 0 Å². The Morgan fingerprint density at radius 2 is 1.16 bits per heavy atom. The first-order valence-electron chi connectivity index (χ1n) is 46.3. The summed E-state index contributed by atoms with van der Waals surface area (Å²) < 4.78 is 106. The van der Waals surface area contributed by atoms with Gasteiger partial charge >= 0.3 is 17.9 Å². The lowest BCUT2D eigenvalue weighted by atomic mass is 9.78. The van der Waals surface area contributed by atoms with Gasteiger partial charge in [-0.2, -0.15) is 0 Å². The largest absolute Gasteiger partial charge is 0.481 e. The number of esters is 2. The summed E-state index contributed by atoms with van der Waals surface area (Å²) in [5.74, 6) is -8.31. The second-order valence-electron chi connectivity index (χ2n) is 42.2. The molecule has 22 nitrogen and oxygen atoms in total. The van der Waals surface area contributed by atoms with E-state index in [-0.39, 0.29) is 102 Å². The van der Waals surface area contributed by atoms with Gasteiger partial charge in [0.15, 0.2) is 58.9 Å². The van der Waals surface area contributed by atoms with Gasteiger partial charge in [0, 0.05) is 115 Å². The number of Topliss-reactive ketones (excluding diaryl/α,β-unsaturated/α-hetero) is 1. The fourth-order valence-electron chi connectivity index (χ4n) is 18.9. The fraction of sp³-hybridized carbons (Fsp3) is 0.851. The number of allylic oxidation sites excluding steroid dienone is 3. The lowest BCUT2D eigenvalue weighted by molar-refractivity contribution is -0.354. The molecule has 0 unspecified atom stereocenters. The molecule has 24 atom stereocenters. The highest BCUT2D eigenvalue weighted by Gasteiger charge is 2.62. The molecule has 0 aromatic rings. The fourth-order valence-corrected chi connectivity index (χ4v) is 29.0. The van der Waals surface area contributed by atoms with Crippen molar-refractivity contribution in [2.24, 2.45) is 23.7 Å². The van der Waals surface area contributed by atoms with Crippen molar-refractivity contribution in [3.63, 3.8) is 0 Å². The predicted molar refractivity (Wildman–Crippen MR) is 496 cm³/mol. The number of hydrogen-bond acceptors (Lipinski definition) is 21.